The number of amides is 2. The van der Waals surface area contributed by atoms with E-state index >= 15 is 0 Å². The molecule has 0 radical (unpaired) electrons. The summed E-state index contributed by atoms with van der Waals surface area (Å²) < 4.78 is 5.74. The summed E-state index contributed by atoms with van der Waals surface area (Å²) in [6, 6.07) is 22.8. The smallest absolute Gasteiger partial charge is 0.339 e. The largest absolute Gasteiger partial charge is 0.465 e. The first kappa shape index (κ1) is 21.4. The van der Waals surface area contributed by atoms with Crippen LogP contribution in [0.5, 0.6) is 0 Å². The van der Waals surface area contributed by atoms with Crippen molar-refractivity contribution in [2.45, 2.75) is 12.1 Å². The lowest BCUT2D eigenvalue weighted by molar-refractivity contribution is -0.126. The molecule has 0 N–H and O–H groups in total. The number of ether oxygens (including phenoxy) is 1. The van der Waals surface area contributed by atoms with Gasteiger partial charge in [-0.3, -0.25) is 14.4 Å². The Morgan fingerprint density at radius 3 is 2.27 bits per heavy atom. The molecule has 5 rings (SSSR count). The molecule has 2 saturated heterocycles. The Kier molecular flexibility index (Phi) is 5.47. The summed E-state index contributed by atoms with van der Waals surface area (Å²) in [5.41, 5.74) is 1.90. The van der Waals surface area contributed by atoms with E-state index in [0.29, 0.717) is 0 Å². The molecular weight excluding hydrogens is 488 g/mol. The van der Waals surface area contributed by atoms with Crippen molar-refractivity contribution in [3.8, 4) is 0 Å². The summed E-state index contributed by atoms with van der Waals surface area (Å²) >= 11 is 3.44. The monoisotopic (exact) mass is 506 g/mol. The maximum atomic E-state index is 13.7. The first-order chi connectivity index (χ1) is 16.0. The summed E-state index contributed by atoms with van der Waals surface area (Å²) in [6.45, 7) is 0. The van der Waals surface area contributed by atoms with Gasteiger partial charge in [0.1, 0.15) is 5.92 Å². The summed E-state index contributed by atoms with van der Waals surface area (Å²) in [6.07, 6.45) is -1.02. The van der Waals surface area contributed by atoms with Crippen molar-refractivity contribution in [3.63, 3.8) is 0 Å². The molecule has 3 atom stereocenters. The molecule has 7 nitrogen and oxygen atoms in total. The molecule has 2 heterocycles. The maximum Gasteiger partial charge on any atom is 0.339 e. The summed E-state index contributed by atoms with van der Waals surface area (Å²) in [4.78, 5) is 46.7. The van der Waals surface area contributed by atoms with E-state index in [4.69, 9.17) is 9.57 Å². The van der Waals surface area contributed by atoms with Crippen LogP contribution in [0.3, 0.4) is 0 Å². The van der Waals surface area contributed by atoms with E-state index in [1.54, 1.807) is 23.3 Å². The third kappa shape index (κ3) is 3.51. The quantitative estimate of drug-likeness (QED) is 0.388. The maximum absolute atomic E-state index is 13.7. The molecular formula is C25H19BrN2O5. The topological polar surface area (TPSA) is 76.2 Å². The Bertz CT molecular complexity index is 1230. The Hall–Kier alpha value is -3.49. The lowest BCUT2D eigenvalue weighted by Gasteiger charge is -2.29. The zero-order chi connectivity index (χ0) is 23.1. The number of carbonyl (C=O) groups excluding carboxylic acids is 3. The number of benzene rings is 3. The van der Waals surface area contributed by atoms with Gasteiger partial charge in [0.2, 0.25) is 5.91 Å². The predicted octanol–water partition coefficient (Wildman–Crippen LogP) is 4.29. The number of halogens is 1. The van der Waals surface area contributed by atoms with Crippen molar-refractivity contribution in [2.75, 3.05) is 17.1 Å². The molecule has 2 aliphatic rings. The number of para-hydroxylation sites is 2. The Morgan fingerprint density at radius 1 is 0.909 bits per heavy atom. The number of hydroxylamine groups is 1. The Balaban J connectivity index is 1.59. The Labute approximate surface area is 198 Å². The molecule has 2 amide bonds. The molecule has 3 aromatic carbocycles. The second-order valence-corrected chi connectivity index (χ2v) is 8.65. The molecule has 0 spiro atoms. The van der Waals surface area contributed by atoms with Crippen LogP contribution in [-0.2, 0) is 19.2 Å². The number of methoxy groups -OCH3 is 1. The van der Waals surface area contributed by atoms with Crippen LogP contribution >= 0.6 is 15.9 Å². The van der Waals surface area contributed by atoms with Gasteiger partial charge in [0.15, 0.2) is 6.10 Å². The van der Waals surface area contributed by atoms with Gasteiger partial charge in [0.05, 0.1) is 30.1 Å². The van der Waals surface area contributed by atoms with Gasteiger partial charge < -0.3 is 4.74 Å². The fourth-order valence-electron chi connectivity index (χ4n) is 4.40. The number of imide groups is 1. The van der Waals surface area contributed by atoms with Crippen molar-refractivity contribution in [1.82, 2.24) is 0 Å². The number of hydrogen-bond donors (Lipinski definition) is 0. The molecule has 0 saturated carbocycles. The minimum atomic E-state index is -1.02. The van der Waals surface area contributed by atoms with Gasteiger partial charge in [0, 0.05) is 4.47 Å². The van der Waals surface area contributed by atoms with Crippen LogP contribution in [0.1, 0.15) is 22.0 Å². The highest BCUT2D eigenvalue weighted by atomic mass is 79.9. The van der Waals surface area contributed by atoms with Gasteiger partial charge in [-0.15, -0.1) is 0 Å². The van der Waals surface area contributed by atoms with Crippen LogP contribution in [0.15, 0.2) is 83.3 Å². The zero-order valence-corrected chi connectivity index (χ0v) is 19.1. The molecule has 2 aliphatic heterocycles. The van der Waals surface area contributed by atoms with Crippen LogP contribution in [0, 0.1) is 5.92 Å². The number of fused-ring (bicyclic) bond motifs is 1. The third-order valence-electron chi connectivity index (χ3n) is 5.89. The number of nitrogens with zero attached hydrogens (tertiary/aromatic N) is 2. The van der Waals surface area contributed by atoms with E-state index in [-0.39, 0.29) is 11.3 Å². The number of anilines is 2. The van der Waals surface area contributed by atoms with Crippen molar-refractivity contribution in [3.05, 3.63) is 94.5 Å². The van der Waals surface area contributed by atoms with E-state index < -0.39 is 35.8 Å². The predicted molar refractivity (Wildman–Crippen MR) is 124 cm³/mol. The van der Waals surface area contributed by atoms with Crippen LogP contribution in [0.25, 0.3) is 0 Å². The van der Waals surface area contributed by atoms with Gasteiger partial charge in [-0.2, -0.15) is 0 Å². The molecule has 0 aliphatic carbocycles. The van der Waals surface area contributed by atoms with E-state index in [1.807, 2.05) is 54.6 Å². The fourth-order valence-corrected chi connectivity index (χ4v) is 4.67. The van der Waals surface area contributed by atoms with Crippen LogP contribution in [-0.4, -0.2) is 31.0 Å². The fraction of sp³-hybridized carbons (Fsp3) is 0.160. The van der Waals surface area contributed by atoms with Gasteiger partial charge in [-0.1, -0.05) is 58.4 Å². The van der Waals surface area contributed by atoms with E-state index in [2.05, 4.69) is 15.9 Å². The molecule has 1 unspecified atom stereocenters. The number of carbonyl (C=O) groups is 3. The second-order valence-electron chi connectivity index (χ2n) is 7.73. The third-order valence-corrected chi connectivity index (χ3v) is 6.42. The molecule has 0 bridgehead atoms. The van der Waals surface area contributed by atoms with Crippen molar-refractivity contribution < 1.29 is 24.0 Å². The molecule has 2 fully saturated rings. The first-order valence-corrected chi connectivity index (χ1v) is 11.1. The van der Waals surface area contributed by atoms with Gasteiger partial charge in [-0.25, -0.2) is 14.8 Å². The van der Waals surface area contributed by atoms with Crippen LogP contribution in [0.2, 0.25) is 0 Å². The van der Waals surface area contributed by atoms with Crippen molar-refractivity contribution in [1.29, 1.82) is 0 Å². The standard InChI is InChI=1S/C25H19BrN2O5/c1-32-25(31)18-9-5-6-10-19(18)27-23(29)20-21(15-11-13-16(26)14-12-15)28(33-22(20)24(27)30)17-7-3-2-4-8-17/h2-14,20-22H,1H3/t20-,21?,22+/m1/s1. The average Bonchev–Trinajstić information content (AvgIpc) is 3.35. The van der Waals surface area contributed by atoms with Gasteiger partial charge in [-0.05, 0) is 42.0 Å². The summed E-state index contributed by atoms with van der Waals surface area (Å²) in [5.74, 6) is -2.35. The lowest BCUT2D eigenvalue weighted by atomic mass is 9.90. The van der Waals surface area contributed by atoms with Crippen molar-refractivity contribution >= 4 is 45.1 Å². The van der Waals surface area contributed by atoms with Crippen LogP contribution in [0.4, 0.5) is 11.4 Å². The van der Waals surface area contributed by atoms with Crippen molar-refractivity contribution in [2.24, 2.45) is 5.92 Å². The first-order valence-electron chi connectivity index (χ1n) is 10.3. The van der Waals surface area contributed by atoms with E-state index in [1.165, 1.54) is 13.2 Å². The Morgan fingerprint density at radius 2 is 1.58 bits per heavy atom. The number of rotatable bonds is 4. The average molecular weight is 507 g/mol. The van der Waals surface area contributed by atoms with Gasteiger partial charge in [0.25, 0.3) is 5.91 Å². The zero-order valence-electron chi connectivity index (χ0n) is 17.6. The summed E-state index contributed by atoms with van der Waals surface area (Å²) in [7, 11) is 1.26. The van der Waals surface area contributed by atoms with E-state index in [0.717, 1.165) is 20.6 Å². The normalized spacial score (nSPS) is 21.9. The molecule has 0 aromatic heterocycles. The van der Waals surface area contributed by atoms with Crippen LogP contribution < -0.4 is 9.96 Å². The molecule has 33 heavy (non-hydrogen) atoms. The van der Waals surface area contributed by atoms with Gasteiger partial charge >= 0.3 is 5.97 Å². The number of esters is 1. The molecule has 8 heteroatoms. The highest BCUT2D eigenvalue weighted by molar-refractivity contribution is 9.10. The molecule has 166 valence electrons. The van der Waals surface area contributed by atoms with E-state index in [9.17, 15) is 14.4 Å². The highest BCUT2D eigenvalue weighted by Gasteiger charge is 2.60. The highest BCUT2D eigenvalue weighted by Crippen LogP contribution is 2.48. The second kappa shape index (κ2) is 8.46. The lowest BCUT2D eigenvalue weighted by Crippen LogP contribution is -2.38. The molecule has 3 aromatic rings. The minimum absolute atomic E-state index is 0.141. The summed E-state index contributed by atoms with van der Waals surface area (Å²) in [5, 5.41) is 1.64. The minimum Gasteiger partial charge on any atom is -0.465 e. The number of hydrogen-bond acceptors (Lipinski definition) is 6. The SMILES string of the molecule is COC(=O)c1ccccc1N1C(=O)[C@H]2ON(c3ccccc3)C(c3ccc(Br)cc3)[C@H]2C1=O.